The Morgan fingerprint density at radius 3 is 2.58 bits per heavy atom. The zero-order valence-electron chi connectivity index (χ0n) is 21.8. The molecule has 2 amide bonds. The quantitative estimate of drug-likeness (QED) is 0.298. The molecule has 0 radical (unpaired) electrons. The van der Waals surface area contributed by atoms with Crippen LogP contribution in [-0.2, 0) is 9.57 Å². The van der Waals surface area contributed by atoms with Crippen LogP contribution in [0, 0.1) is 18.8 Å². The summed E-state index contributed by atoms with van der Waals surface area (Å²) >= 11 is 0. The summed E-state index contributed by atoms with van der Waals surface area (Å²) in [5.41, 5.74) is 1.70. The van der Waals surface area contributed by atoms with E-state index in [9.17, 15) is 13.6 Å². The van der Waals surface area contributed by atoms with Gasteiger partial charge in [-0.3, -0.25) is 10.2 Å². The van der Waals surface area contributed by atoms with E-state index in [0.717, 1.165) is 6.07 Å². The second-order valence-electron chi connectivity index (χ2n) is 8.97. The van der Waals surface area contributed by atoms with Crippen molar-refractivity contribution < 1.29 is 27.9 Å². The number of methoxy groups -OCH3 is 1. The van der Waals surface area contributed by atoms with Gasteiger partial charge in [0.1, 0.15) is 17.7 Å². The minimum absolute atomic E-state index is 0.171. The first-order valence-electron chi connectivity index (χ1n) is 12.5. The van der Waals surface area contributed by atoms with Crippen molar-refractivity contribution in [1.82, 2.24) is 30.1 Å². The summed E-state index contributed by atoms with van der Waals surface area (Å²) in [6, 6.07) is 13.6. The Labute approximate surface area is 228 Å². The molecule has 0 aliphatic carbocycles. The molecule has 2 N–H and O–H groups in total. The predicted molar refractivity (Wildman–Crippen MR) is 140 cm³/mol. The third kappa shape index (κ3) is 6.22. The Kier molecular flexibility index (Phi) is 8.24. The summed E-state index contributed by atoms with van der Waals surface area (Å²) in [5.74, 6) is -0.628. The largest absolute Gasteiger partial charge is 0.437 e. The van der Waals surface area contributed by atoms with Crippen molar-refractivity contribution in [2.45, 2.75) is 19.1 Å². The number of para-hydroxylation sites is 1. The van der Waals surface area contributed by atoms with Crippen LogP contribution in [-0.4, -0.2) is 63.7 Å². The number of hydrogen-bond acceptors (Lipinski definition) is 8. The van der Waals surface area contributed by atoms with E-state index < -0.39 is 30.1 Å². The summed E-state index contributed by atoms with van der Waals surface area (Å²) in [4.78, 5) is 26.5. The lowest BCUT2D eigenvalue weighted by atomic mass is 10.0. The van der Waals surface area contributed by atoms with Crippen LogP contribution in [0.15, 0.2) is 67.0 Å². The number of anilines is 1. The van der Waals surface area contributed by atoms with Gasteiger partial charge in [0.05, 0.1) is 23.9 Å². The highest BCUT2D eigenvalue weighted by molar-refractivity contribution is 5.90. The molecule has 3 aromatic heterocycles. The van der Waals surface area contributed by atoms with Gasteiger partial charge in [0.15, 0.2) is 0 Å². The van der Waals surface area contributed by atoms with Gasteiger partial charge in [0, 0.05) is 38.7 Å². The maximum absolute atomic E-state index is 13.9. The van der Waals surface area contributed by atoms with E-state index >= 15 is 0 Å². The second kappa shape index (κ2) is 12.2. The highest BCUT2D eigenvalue weighted by atomic mass is 19.1. The van der Waals surface area contributed by atoms with Crippen LogP contribution in [0.1, 0.15) is 17.2 Å². The molecule has 5 rings (SSSR count). The minimum atomic E-state index is -0.697. The van der Waals surface area contributed by atoms with Crippen LogP contribution in [0.5, 0.6) is 11.6 Å². The van der Waals surface area contributed by atoms with E-state index in [2.05, 4.69) is 25.7 Å². The SMILES string of the molecule is COCCN1C[C@@H](NC(=O)Nc2c(C)c(Oc3ccnc(F)c3)nn2-c2ccccc2)[C@H](c2ccnc(F)c2)O1. The molecule has 0 spiro atoms. The number of amides is 2. The summed E-state index contributed by atoms with van der Waals surface area (Å²) in [5, 5.41) is 12.0. The lowest BCUT2D eigenvalue weighted by Crippen LogP contribution is -2.42. The normalized spacial score (nSPS) is 17.1. The highest BCUT2D eigenvalue weighted by Crippen LogP contribution is 2.32. The minimum Gasteiger partial charge on any atom is -0.437 e. The number of benzene rings is 1. The van der Waals surface area contributed by atoms with Crippen molar-refractivity contribution in [2.24, 2.45) is 0 Å². The number of carbonyl (C=O) groups excluding carboxylic acids is 1. The van der Waals surface area contributed by atoms with Crippen molar-refractivity contribution >= 4 is 11.8 Å². The number of carbonyl (C=O) groups is 1. The number of nitrogens with zero attached hydrogens (tertiary/aromatic N) is 5. The first-order valence-corrected chi connectivity index (χ1v) is 12.5. The molecular weight excluding hydrogens is 524 g/mol. The Bertz CT molecular complexity index is 1470. The van der Waals surface area contributed by atoms with Gasteiger partial charge in [-0.05, 0) is 42.8 Å². The molecule has 1 aliphatic heterocycles. The number of nitrogens with one attached hydrogen (secondary N) is 2. The van der Waals surface area contributed by atoms with Gasteiger partial charge in [-0.2, -0.15) is 13.8 Å². The van der Waals surface area contributed by atoms with Crippen LogP contribution >= 0.6 is 0 Å². The predicted octanol–water partition coefficient (Wildman–Crippen LogP) is 4.17. The first-order chi connectivity index (χ1) is 19.4. The highest BCUT2D eigenvalue weighted by Gasteiger charge is 2.37. The Balaban J connectivity index is 1.40. The van der Waals surface area contributed by atoms with Gasteiger partial charge in [0.25, 0.3) is 0 Å². The Hall–Kier alpha value is -4.46. The van der Waals surface area contributed by atoms with Crippen LogP contribution in [0.25, 0.3) is 5.69 Å². The number of aromatic nitrogens is 4. The molecule has 40 heavy (non-hydrogen) atoms. The first kappa shape index (κ1) is 27.1. The monoisotopic (exact) mass is 551 g/mol. The van der Waals surface area contributed by atoms with Crippen molar-refractivity contribution in [3.8, 4) is 17.3 Å². The maximum Gasteiger partial charge on any atom is 0.320 e. The summed E-state index contributed by atoms with van der Waals surface area (Å²) < 4.78 is 40.0. The van der Waals surface area contributed by atoms with E-state index in [0.29, 0.717) is 42.3 Å². The molecule has 1 aromatic carbocycles. The zero-order valence-corrected chi connectivity index (χ0v) is 21.8. The van der Waals surface area contributed by atoms with Gasteiger partial charge in [-0.1, -0.05) is 18.2 Å². The third-order valence-electron chi connectivity index (χ3n) is 6.19. The van der Waals surface area contributed by atoms with Crippen LogP contribution in [0.3, 0.4) is 0 Å². The molecule has 0 unspecified atom stereocenters. The van der Waals surface area contributed by atoms with E-state index in [1.807, 2.05) is 30.3 Å². The molecule has 1 saturated heterocycles. The Morgan fingerprint density at radius 2 is 1.85 bits per heavy atom. The van der Waals surface area contributed by atoms with E-state index in [-0.39, 0.29) is 11.6 Å². The molecule has 0 bridgehead atoms. The molecule has 1 fully saturated rings. The van der Waals surface area contributed by atoms with Crippen molar-refractivity contribution in [1.29, 1.82) is 0 Å². The molecular formula is C27H27F2N7O4. The van der Waals surface area contributed by atoms with Gasteiger partial charge >= 0.3 is 6.03 Å². The molecule has 4 heterocycles. The van der Waals surface area contributed by atoms with Crippen molar-refractivity contribution in [2.75, 3.05) is 32.1 Å². The van der Waals surface area contributed by atoms with Gasteiger partial charge in [-0.25, -0.2) is 19.4 Å². The smallest absolute Gasteiger partial charge is 0.320 e. The molecule has 4 aromatic rings. The molecule has 13 heteroatoms. The van der Waals surface area contributed by atoms with Gasteiger partial charge in [0.2, 0.25) is 17.8 Å². The number of halogens is 2. The van der Waals surface area contributed by atoms with Crippen molar-refractivity contribution in [3.63, 3.8) is 0 Å². The summed E-state index contributed by atoms with van der Waals surface area (Å²) in [6.45, 7) is 2.93. The van der Waals surface area contributed by atoms with Crippen LogP contribution < -0.4 is 15.4 Å². The lowest BCUT2D eigenvalue weighted by Gasteiger charge is -2.19. The average molecular weight is 552 g/mol. The number of urea groups is 1. The van der Waals surface area contributed by atoms with E-state index in [1.165, 1.54) is 29.2 Å². The summed E-state index contributed by atoms with van der Waals surface area (Å²) in [7, 11) is 1.58. The fourth-order valence-corrected chi connectivity index (χ4v) is 4.29. The molecule has 1 aliphatic rings. The number of ether oxygens (including phenoxy) is 2. The lowest BCUT2D eigenvalue weighted by molar-refractivity contribution is -0.154. The molecule has 2 atom stereocenters. The fourth-order valence-electron chi connectivity index (χ4n) is 4.29. The average Bonchev–Trinajstić information content (AvgIpc) is 3.48. The summed E-state index contributed by atoms with van der Waals surface area (Å²) in [6.07, 6.45) is 1.98. The number of hydrogen-bond donors (Lipinski definition) is 2. The van der Waals surface area contributed by atoms with Crippen molar-refractivity contribution in [3.05, 3.63) is 90.0 Å². The molecule has 208 valence electrons. The third-order valence-corrected chi connectivity index (χ3v) is 6.19. The standard InChI is InChI=1S/C27H27F2N7O4/c1-17-25(36(19-6-4-3-5-7-19)34-26(17)39-20-9-11-31-23(29)15-20)33-27(37)32-21-16-35(12-13-38-2)40-24(21)18-8-10-30-22(28)14-18/h3-11,14-15,21,24H,12-13,16H2,1-2H3,(H2,32,33,37)/t21-,24+/m1/s1. The van der Waals surface area contributed by atoms with Gasteiger partial charge < -0.3 is 14.8 Å². The second-order valence-corrected chi connectivity index (χ2v) is 8.97. The Morgan fingerprint density at radius 1 is 1.10 bits per heavy atom. The van der Waals surface area contributed by atoms with Crippen LogP contribution in [0.2, 0.25) is 0 Å². The number of hydroxylamine groups is 2. The maximum atomic E-state index is 13.9. The number of rotatable bonds is 9. The van der Waals surface area contributed by atoms with Gasteiger partial charge in [-0.15, -0.1) is 5.10 Å². The van der Waals surface area contributed by atoms with E-state index in [4.69, 9.17) is 14.3 Å². The topological polar surface area (TPSA) is 116 Å². The molecule has 11 nitrogen and oxygen atoms in total. The van der Waals surface area contributed by atoms with Crippen LogP contribution in [0.4, 0.5) is 19.4 Å². The number of pyridine rings is 2. The zero-order chi connectivity index (χ0) is 28.1. The molecule has 0 saturated carbocycles. The fraction of sp³-hybridized carbons (Fsp3) is 0.259. The van der Waals surface area contributed by atoms with E-state index in [1.54, 1.807) is 25.2 Å².